The van der Waals surface area contributed by atoms with Gasteiger partial charge in [-0.15, -0.1) is 0 Å². The highest BCUT2D eigenvalue weighted by Crippen LogP contribution is 2.24. The first-order chi connectivity index (χ1) is 14.1. The van der Waals surface area contributed by atoms with Crippen molar-refractivity contribution < 1.29 is 24.1 Å². The number of pyridine rings is 1. The molecule has 7 nitrogen and oxygen atoms in total. The van der Waals surface area contributed by atoms with E-state index in [1.165, 1.54) is 6.20 Å². The van der Waals surface area contributed by atoms with Crippen LogP contribution in [0.3, 0.4) is 0 Å². The largest absolute Gasteiger partial charge is 0.490 e. The van der Waals surface area contributed by atoms with E-state index >= 15 is 0 Å². The van der Waals surface area contributed by atoms with E-state index in [1.807, 2.05) is 54.6 Å². The van der Waals surface area contributed by atoms with Gasteiger partial charge in [-0.3, -0.25) is 0 Å². The van der Waals surface area contributed by atoms with Crippen molar-refractivity contribution in [2.75, 3.05) is 6.61 Å². The number of hydrogen-bond donors (Lipinski definition) is 2. The molecule has 3 rings (SSSR count). The third-order valence-electron chi connectivity index (χ3n) is 3.87. The van der Waals surface area contributed by atoms with Crippen LogP contribution in [0.5, 0.6) is 23.1 Å². The van der Waals surface area contributed by atoms with Crippen molar-refractivity contribution in [1.82, 2.24) is 10.3 Å². The Morgan fingerprint density at radius 2 is 1.66 bits per heavy atom. The van der Waals surface area contributed by atoms with Crippen molar-refractivity contribution in [1.29, 1.82) is 0 Å². The lowest BCUT2D eigenvalue weighted by Gasteiger charge is -2.13. The standard InChI is InChI=1S/C22H22N2O5/c1-16(24-22(25)26)14-27-20-11-12-21(23-13-20)29-19-9-7-18(8-10-19)28-15-17-5-3-2-4-6-17/h2-13,16,24H,14-15H2,1H3,(H,25,26)/t16-/m0/s1. The number of ether oxygens (including phenoxy) is 3. The highest BCUT2D eigenvalue weighted by molar-refractivity contribution is 5.64. The average molecular weight is 394 g/mol. The van der Waals surface area contributed by atoms with Crippen LogP contribution in [-0.2, 0) is 6.61 Å². The predicted octanol–water partition coefficient (Wildman–Crippen LogP) is 4.49. The molecule has 2 aromatic carbocycles. The molecule has 0 bridgehead atoms. The van der Waals surface area contributed by atoms with Gasteiger partial charge in [0.1, 0.15) is 30.5 Å². The quantitative estimate of drug-likeness (QED) is 0.556. The second kappa shape index (κ2) is 9.98. The lowest BCUT2D eigenvalue weighted by atomic mass is 10.2. The van der Waals surface area contributed by atoms with Crippen molar-refractivity contribution in [3.63, 3.8) is 0 Å². The molecule has 2 N–H and O–H groups in total. The van der Waals surface area contributed by atoms with E-state index in [4.69, 9.17) is 19.3 Å². The van der Waals surface area contributed by atoms with E-state index in [0.717, 1.165) is 11.3 Å². The Morgan fingerprint density at radius 3 is 2.31 bits per heavy atom. The molecule has 150 valence electrons. The first kappa shape index (κ1) is 20.0. The summed E-state index contributed by atoms with van der Waals surface area (Å²) in [6.45, 7) is 2.43. The molecular formula is C22H22N2O5. The van der Waals surface area contributed by atoms with Crippen LogP contribution in [0, 0.1) is 0 Å². The molecule has 0 aliphatic rings. The molecule has 1 aromatic heterocycles. The number of nitrogens with one attached hydrogen (secondary N) is 1. The fourth-order valence-electron chi connectivity index (χ4n) is 2.45. The van der Waals surface area contributed by atoms with E-state index in [0.29, 0.717) is 24.0 Å². The number of carboxylic acid groups (broad SMARTS) is 1. The molecule has 0 aliphatic heterocycles. The molecule has 1 amide bonds. The van der Waals surface area contributed by atoms with Gasteiger partial charge in [-0.2, -0.15) is 0 Å². The summed E-state index contributed by atoms with van der Waals surface area (Å²) in [5.74, 6) is 2.34. The van der Waals surface area contributed by atoms with Gasteiger partial charge in [0.15, 0.2) is 0 Å². The molecular weight excluding hydrogens is 372 g/mol. The highest BCUT2D eigenvalue weighted by atomic mass is 16.5. The Hall–Kier alpha value is -3.74. The number of nitrogens with zero attached hydrogens (tertiary/aromatic N) is 1. The van der Waals surface area contributed by atoms with E-state index in [9.17, 15) is 4.79 Å². The summed E-state index contributed by atoms with van der Waals surface area (Å²) in [6, 6.07) is 20.3. The fourth-order valence-corrected chi connectivity index (χ4v) is 2.45. The molecule has 29 heavy (non-hydrogen) atoms. The molecule has 1 atom stereocenters. The molecule has 0 saturated carbocycles. The number of rotatable bonds is 9. The SMILES string of the molecule is C[C@@H](COc1ccc(Oc2ccc(OCc3ccccc3)cc2)nc1)NC(=O)O. The monoisotopic (exact) mass is 394 g/mol. The average Bonchev–Trinajstić information content (AvgIpc) is 2.73. The molecule has 0 unspecified atom stereocenters. The van der Waals surface area contributed by atoms with Crippen molar-refractivity contribution >= 4 is 6.09 Å². The van der Waals surface area contributed by atoms with Crippen molar-refractivity contribution in [2.24, 2.45) is 0 Å². The van der Waals surface area contributed by atoms with Crippen LogP contribution in [0.15, 0.2) is 72.9 Å². The summed E-state index contributed by atoms with van der Waals surface area (Å²) in [4.78, 5) is 14.8. The lowest BCUT2D eigenvalue weighted by Crippen LogP contribution is -2.35. The summed E-state index contributed by atoms with van der Waals surface area (Å²) in [5.41, 5.74) is 1.10. The van der Waals surface area contributed by atoms with Gasteiger partial charge in [0.05, 0.1) is 12.2 Å². The molecule has 0 fully saturated rings. The summed E-state index contributed by atoms with van der Waals surface area (Å²) < 4.78 is 17.0. The van der Waals surface area contributed by atoms with Gasteiger partial charge in [0.2, 0.25) is 5.88 Å². The van der Waals surface area contributed by atoms with Gasteiger partial charge >= 0.3 is 6.09 Å². The number of hydrogen-bond acceptors (Lipinski definition) is 5. The molecule has 1 heterocycles. The van der Waals surface area contributed by atoms with Crippen LogP contribution in [0.4, 0.5) is 4.79 Å². The van der Waals surface area contributed by atoms with Gasteiger partial charge in [-0.1, -0.05) is 30.3 Å². The summed E-state index contributed by atoms with van der Waals surface area (Å²) in [5, 5.41) is 11.0. The van der Waals surface area contributed by atoms with E-state index in [-0.39, 0.29) is 12.6 Å². The minimum Gasteiger partial charge on any atom is -0.490 e. The second-order valence-corrected chi connectivity index (χ2v) is 6.34. The van der Waals surface area contributed by atoms with E-state index < -0.39 is 6.09 Å². The van der Waals surface area contributed by atoms with Crippen molar-refractivity contribution in [3.8, 4) is 23.1 Å². The molecule has 7 heteroatoms. The Morgan fingerprint density at radius 1 is 0.966 bits per heavy atom. The second-order valence-electron chi connectivity index (χ2n) is 6.34. The number of aromatic nitrogens is 1. The Labute approximate surface area is 168 Å². The van der Waals surface area contributed by atoms with Crippen LogP contribution >= 0.6 is 0 Å². The molecule has 0 spiro atoms. The molecule has 3 aromatic rings. The van der Waals surface area contributed by atoms with E-state index in [2.05, 4.69) is 10.3 Å². The van der Waals surface area contributed by atoms with Crippen LogP contribution in [-0.4, -0.2) is 28.8 Å². The van der Waals surface area contributed by atoms with Gasteiger partial charge in [0.25, 0.3) is 0 Å². The molecule has 0 aliphatic carbocycles. The maximum atomic E-state index is 10.6. The number of carbonyl (C=O) groups is 1. The van der Waals surface area contributed by atoms with Crippen molar-refractivity contribution in [2.45, 2.75) is 19.6 Å². The predicted molar refractivity (Wildman–Crippen MR) is 108 cm³/mol. The first-order valence-corrected chi connectivity index (χ1v) is 9.11. The highest BCUT2D eigenvalue weighted by Gasteiger charge is 2.07. The van der Waals surface area contributed by atoms with E-state index in [1.54, 1.807) is 19.1 Å². The van der Waals surface area contributed by atoms with Gasteiger partial charge < -0.3 is 24.6 Å². The summed E-state index contributed by atoms with van der Waals surface area (Å²) in [7, 11) is 0. The minimum absolute atomic E-state index is 0.207. The molecule has 0 saturated heterocycles. The first-order valence-electron chi connectivity index (χ1n) is 9.11. The van der Waals surface area contributed by atoms with Crippen LogP contribution in [0.1, 0.15) is 12.5 Å². The summed E-state index contributed by atoms with van der Waals surface area (Å²) >= 11 is 0. The molecule has 0 radical (unpaired) electrons. The van der Waals surface area contributed by atoms with Crippen LogP contribution < -0.4 is 19.5 Å². The Balaban J connectivity index is 1.47. The normalized spacial score (nSPS) is 11.3. The Bertz CT molecular complexity index is 899. The minimum atomic E-state index is -1.08. The number of benzene rings is 2. The van der Waals surface area contributed by atoms with Crippen LogP contribution in [0.2, 0.25) is 0 Å². The topological polar surface area (TPSA) is 89.9 Å². The maximum absolute atomic E-state index is 10.6. The van der Waals surface area contributed by atoms with Gasteiger partial charge in [-0.25, -0.2) is 9.78 Å². The third kappa shape index (κ3) is 6.73. The zero-order valence-electron chi connectivity index (χ0n) is 15.9. The lowest BCUT2D eigenvalue weighted by molar-refractivity contribution is 0.183. The fraction of sp³-hybridized carbons (Fsp3) is 0.182. The van der Waals surface area contributed by atoms with Gasteiger partial charge in [0, 0.05) is 6.07 Å². The third-order valence-corrected chi connectivity index (χ3v) is 3.87. The van der Waals surface area contributed by atoms with Crippen molar-refractivity contribution in [3.05, 3.63) is 78.5 Å². The van der Waals surface area contributed by atoms with Gasteiger partial charge in [-0.05, 0) is 42.8 Å². The maximum Gasteiger partial charge on any atom is 0.404 e. The zero-order valence-corrected chi connectivity index (χ0v) is 15.9. The smallest absolute Gasteiger partial charge is 0.404 e. The van der Waals surface area contributed by atoms with Crippen LogP contribution in [0.25, 0.3) is 0 Å². The summed E-state index contributed by atoms with van der Waals surface area (Å²) in [6.07, 6.45) is 0.444. The Kier molecular flexibility index (Phi) is 6.89. The number of amides is 1. The zero-order chi connectivity index (χ0) is 20.5.